The molecule has 1 aromatic heterocycles. The van der Waals surface area contributed by atoms with Gasteiger partial charge in [0, 0.05) is 34.1 Å². The molecule has 1 aliphatic carbocycles. The molecule has 1 heterocycles. The molecule has 0 bridgehead atoms. The summed E-state index contributed by atoms with van der Waals surface area (Å²) in [5.74, 6) is 0.0629. The molecule has 1 atom stereocenters. The Morgan fingerprint density at radius 1 is 1.21 bits per heavy atom. The zero-order valence-corrected chi connectivity index (χ0v) is 14.3. The van der Waals surface area contributed by atoms with E-state index < -0.39 is 0 Å². The molecule has 122 valence electrons. The summed E-state index contributed by atoms with van der Waals surface area (Å²) in [4.78, 5) is 15.8. The summed E-state index contributed by atoms with van der Waals surface area (Å²) in [6.07, 6.45) is 2.15. The Hall–Kier alpha value is -2.26. The summed E-state index contributed by atoms with van der Waals surface area (Å²) >= 11 is 5.88. The second-order valence-electron chi connectivity index (χ2n) is 6.61. The third kappa shape index (κ3) is 2.92. The molecule has 0 saturated heterocycles. The topological polar surface area (TPSA) is 44.9 Å². The fourth-order valence-corrected chi connectivity index (χ4v) is 3.68. The number of hydrogen-bond donors (Lipinski definition) is 2. The van der Waals surface area contributed by atoms with Gasteiger partial charge in [0.2, 0.25) is 5.91 Å². The van der Waals surface area contributed by atoms with Gasteiger partial charge in [0.1, 0.15) is 0 Å². The molecule has 4 rings (SSSR count). The van der Waals surface area contributed by atoms with Crippen LogP contribution in [0, 0.1) is 6.92 Å². The molecule has 24 heavy (non-hydrogen) atoms. The Kier molecular flexibility index (Phi) is 3.81. The van der Waals surface area contributed by atoms with Crippen LogP contribution in [0.15, 0.2) is 42.5 Å². The molecule has 0 saturated carbocycles. The second kappa shape index (κ2) is 5.99. The molecule has 0 radical (unpaired) electrons. The van der Waals surface area contributed by atoms with Crippen molar-refractivity contribution in [1.82, 2.24) is 10.3 Å². The first-order valence-corrected chi connectivity index (χ1v) is 8.60. The number of aromatic amines is 1. The number of fused-ring (bicyclic) bond motifs is 3. The predicted molar refractivity (Wildman–Crippen MR) is 97.5 cm³/mol. The number of rotatable bonds is 3. The van der Waals surface area contributed by atoms with E-state index in [0.717, 1.165) is 18.4 Å². The number of H-pyrrole nitrogens is 1. The van der Waals surface area contributed by atoms with E-state index in [4.69, 9.17) is 11.6 Å². The minimum atomic E-state index is 0.0629. The third-order valence-electron chi connectivity index (χ3n) is 4.69. The van der Waals surface area contributed by atoms with Crippen LogP contribution in [0.5, 0.6) is 0 Å². The smallest absolute Gasteiger partial charge is 0.224 e. The van der Waals surface area contributed by atoms with Crippen molar-refractivity contribution in [1.29, 1.82) is 0 Å². The SMILES string of the molecule is Cc1ccc2[nH]c3c(c2c1)CC(NC(=O)Cc1ccc(Cl)cc1)C3. The van der Waals surface area contributed by atoms with E-state index in [0.29, 0.717) is 11.4 Å². The standard InChI is InChI=1S/C20H19ClN2O/c1-12-2-7-18-16(8-12)17-10-15(11-19(17)23-18)22-20(24)9-13-3-5-14(21)6-4-13/h2-8,15,23H,9-11H2,1H3,(H,22,24). The molecular formula is C20H19ClN2O. The molecule has 2 aromatic carbocycles. The van der Waals surface area contributed by atoms with Gasteiger partial charge >= 0.3 is 0 Å². The molecule has 4 heteroatoms. The molecule has 0 fully saturated rings. The third-order valence-corrected chi connectivity index (χ3v) is 4.95. The quantitative estimate of drug-likeness (QED) is 0.746. The lowest BCUT2D eigenvalue weighted by Crippen LogP contribution is -2.36. The zero-order valence-electron chi connectivity index (χ0n) is 13.5. The molecule has 3 nitrogen and oxygen atoms in total. The summed E-state index contributed by atoms with van der Waals surface area (Å²) in [7, 11) is 0. The van der Waals surface area contributed by atoms with Crippen molar-refractivity contribution in [3.05, 3.63) is 69.9 Å². The van der Waals surface area contributed by atoms with Crippen molar-refractivity contribution in [3.8, 4) is 0 Å². The van der Waals surface area contributed by atoms with Crippen molar-refractivity contribution in [2.75, 3.05) is 0 Å². The van der Waals surface area contributed by atoms with Gasteiger partial charge in [0.25, 0.3) is 0 Å². The molecule has 1 aliphatic rings. The van der Waals surface area contributed by atoms with Gasteiger partial charge in [-0.25, -0.2) is 0 Å². The largest absolute Gasteiger partial charge is 0.358 e. The highest BCUT2D eigenvalue weighted by atomic mass is 35.5. The Labute approximate surface area is 146 Å². The van der Waals surface area contributed by atoms with Crippen LogP contribution in [0.1, 0.15) is 22.4 Å². The van der Waals surface area contributed by atoms with E-state index in [2.05, 4.69) is 35.4 Å². The fourth-order valence-electron chi connectivity index (χ4n) is 3.56. The number of aryl methyl sites for hydroxylation is 1. The van der Waals surface area contributed by atoms with Gasteiger partial charge in [0.05, 0.1) is 6.42 Å². The minimum Gasteiger partial charge on any atom is -0.358 e. The van der Waals surface area contributed by atoms with Gasteiger partial charge < -0.3 is 10.3 Å². The van der Waals surface area contributed by atoms with Crippen molar-refractivity contribution < 1.29 is 4.79 Å². The Morgan fingerprint density at radius 3 is 2.79 bits per heavy atom. The number of hydrogen-bond acceptors (Lipinski definition) is 1. The monoisotopic (exact) mass is 338 g/mol. The second-order valence-corrected chi connectivity index (χ2v) is 7.04. The Bertz CT molecular complexity index is 911. The average molecular weight is 339 g/mol. The molecule has 2 N–H and O–H groups in total. The van der Waals surface area contributed by atoms with E-state index in [-0.39, 0.29) is 11.9 Å². The van der Waals surface area contributed by atoms with E-state index in [1.807, 2.05) is 24.3 Å². The lowest BCUT2D eigenvalue weighted by atomic mass is 10.1. The van der Waals surface area contributed by atoms with Crippen LogP contribution < -0.4 is 5.32 Å². The van der Waals surface area contributed by atoms with Crippen LogP contribution in [0.25, 0.3) is 10.9 Å². The highest BCUT2D eigenvalue weighted by molar-refractivity contribution is 6.30. The van der Waals surface area contributed by atoms with Crippen molar-refractivity contribution in [3.63, 3.8) is 0 Å². The van der Waals surface area contributed by atoms with Crippen LogP contribution in [0.4, 0.5) is 0 Å². The fraction of sp³-hybridized carbons (Fsp3) is 0.250. The summed E-state index contributed by atoms with van der Waals surface area (Å²) in [5.41, 5.74) is 6.04. The summed E-state index contributed by atoms with van der Waals surface area (Å²) in [5, 5.41) is 5.14. The van der Waals surface area contributed by atoms with Gasteiger partial charge in [0.15, 0.2) is 0 Å². The lowest BCUT2D eigenvalue weighted by molar-refractivity contribution is -0.121. The summed E-state index contributed by atoms with van der Waals surface area (Å²) in [6.45, 7) is 2.11. The van der Waals surface area contributed by atoms with Crippen molar-refractivity contribution in [2.45, 2.75) is 32.2 Å². The first-order valence-electron chi connectivity index (χ1n) is 8.22. The van der Waals surface area contributed by atoms with Crippen molar-refractivity contribution in [2.24, 2.45) is 0 Å². The molecule has 1 amide bonds. The first kappa shape index (κ1) is 15.3. The lowest BCUT2D eigenvalue weighted by Gasteiger charge is -2.12. The molecule has 3 aromatic rings. The number of carbonyl (C=O) groups is 1. The molecule has 0 spiro atoms. The van der Waals surface area contributed by atoms with Gasteiger partial charge in [-0.05, 0) is 48.7 Å². The number of carbonyl (C=O) groups excluding carboxylic acids is 1. The summed E-state index contributed by atoms with van der Waals surface area (Å²) < 4.78 is 0. The normalized spacial score (nSPS) is 16.3. The van der Waals surface area contributed by atoms with Crippen LogP contribution in [0.2, 0.25) is 5.02 Å². The molecule has 0 aliphatic heterocycles. The van der Waals surface area contributed by atoms with Gasteiger partial charge in [-0.2, -0.15) is 0 Å². The van der Waals surface area contributed by atoms with Crippen LogP contribution >= 0.6 is 11.6 Å². The van der Waals surface area contributed by atoms with Crippen LogP contribution in [-0.2, 0) is 24.1 Å². The zero-order chi connectivity index (χ0) is 16.7. The number of amides is 1. The van der Waals surface area contributed by atoms with E-state index in [1.54, 1.807) is 0 Å². The van der Waals surface area contributed by atoms with Crippen LogP contribution in [0.3, 0.4) is 0 Å². The predicted octanol–water partition coefficient (Wildman–Crippen LogP) is 3.96. The van der Waals surface area contributed by atoms with Gasteiger partial charge in [-0.3, -0.25) is 4.79 Å². The summed E-state index contributed by atoms with van der Waals surface area (Å²) in [6, 6.07) is 14.1. The first-order chi connectivity index (χ1) is 11.6. The number of benzene rings is 2. The highest BCUT2D eigenvalue weighted by Gasteiger charge is 2.26. The Morgan fingerprint density at radius 2 is 2.00 bits per heavy atom. The van der Waals surface area contributed by atoms with E-state index in [1.165, 1.54) is 27.7 Å². The highest BCUT2D eigenvalue weighted by Crippen LogP contribution is 2.30. The maximum atomic E-state index is 12.3. The Balaban J connectivity index is 1.44. The minimum absolute atomic E-state index is 0.0629. The molecular weight excluding hydrogens is 320 g/mol. The number of aromatic nitrogens is 1. The molecule has 1 unspecified atom stereocenters. The van der Waals surface area contributed by atoms with Gasteiger partial charge in [-0.1, -0.05) is 35.4 Å². The van der Waals surface area contributed by atoms with Crippen LogP contribution in [-0.4, -0.2) is 16.9 Å². The maximum Gasteiger partial charge on any atom is 0.224 e. The number of nitrogens with one attached hydrogen (secondary N) is 2. The van der Waals surface area contributed by atoms with Gasteiger partial charge in [-0.15, -0.1) is 0 Å². The average Bonchev–Trinajstić information content (AvgIpc) is 3.07. The van der Waals surface area contributed by atoms with E-state index in [9.17, 15) is 4.79 Å². The van der Waals surface area contributed by atoms with Crippen molar-refractivity contribution >= 4 is 28.4 Å². The van der Waals surface area contributed by atoms with E-state index >= 15 is 0 Å². The maximum absolute atomic E-state index is 12.3. The number of halogens is 1.